The number of hydrogen-bond donors (Lipinski definition) is 1. The molecule has 100 valence electrons. The molecule has 2 unspecified atom stereocenters. The number of hydrogen-bond acceptors (Lipinski definition) is 6. The minimum atomic E-state index is -0.966. The number of carboxylic acids is 1. The van der Waals surface area contributed by atoms with E-state index in [9.17, 15) is 4.79 Å². The molecule has 3 heterocycles. The smallest absolute Gasteiger partial charge is 0.332 e. The zero-order chi connectivity index (χ0) is 13.4. The van der Waals surface area contributed by atoms with Crippen molar-refractivity contribution >= 4 is 5.97 Å². The van der Waals surface area contributed by atoms with Crippen molar-refractivity contribution in [3.8, 4) is 11.6 Å². The van der Waals surface area contributed by atoms with E-state index in [1.165, 1.54) is 0 Å². The van der Waals surface area contributed by atoms with Crippen molar-refractivity contribution in [1.29, 1.82) is 0 Å². The Labute approximate surface area is 108 Å². The molecular formula is C11H12N4O4. The zero-order valence-corrected chi connectivity index (χ0v) is 10.2. The van der Waals surface area contributed by atoms with Gasteiger partial charge in [-0.25, -0.2) is 9.78 Å². The van der Waals surface area contributed by atoms with E-state index in [0.717, 1.165) is 0 Å². The summed E-state index contributed by atoms with van der Waals surface area (Å²) in [4.78, 5) is 19.1. The largest absolute Gasteiger partial charge is 0.479 e. The zero-order valence-electron chi connectivity index (χ0n) is 10.2. The lowest BCUT2D eigenvalue weighted by atomic mass is 10.2. The Balaban J connectivity index is 1.79. The molecule has 1 saturated heterocycles. The van der Waals surface area contributed by atoms with Gasteiger partial charge < -0.3 is 18.9 Å². The third-order valence-electron chi connectivity index (χ3n) is 3.03. The first kappa shape index (κ1) is 11.8. The highest BCUT2D eigenvalue weighted by atomic mass is 16.5. The molecule has 8 heteroatoms. The summed E-state index contributed by atoms with van der Waals surface area (Å²) in [6, 6.07) is 0. The van der Waals surface area contributed by atoms with Crippen molar-refractivity contribution in [3.05, 3.63) is 18.3 Å². The Bertz CT molecular complexity index is 605. The molecule has 0 spiro atoms. The number of aliphatic carboxylic acids is 1. The van der Waals surface area contributed by atoms with Gasteiger partial charge in [0, 0.05) is 19.4 Å². The Morgan fingerprint density at radius 3 is 3.00 bits per heavy atom. The fourth-order valence-corrected chi connectivity index (χ4v) is 2.04. The van der Waals surface area contributed by atoms with Crippen LogP contribution in [0.4, 0.5) is 0 Å². The molecule has 1 aliphatic heterocycles. The van der Waals surface area contributed by atoms with Gasteiger partial charge in [-0.1, -0.05) is 5.16 Å². The quantitative estimate of drug-likeness (QED) is 0.873. The lowest BCUT2D eigenvalue weighted by molar-refractivity contribution is -0.150. The van der Waals surface area contributed by atoms with Crippen LogP contribution in [0.25, 0.3) is 11.6 Å². The van der Waals surface area contributed by atoms with Gasteiger partial charge in [0.05, 0.1) is 0 Å². The molecule has 1 fully saturated rings. The summed E-state index contributed by atoms with van der Waals surface area (Å²) in [6.07, 6.45) is 3.16. The van der Waals surface area contributed by atoms with Crippen LogP contribution in [0.1, 0.15) is 24.8 Å². The van der Waals surface area contributed by atoms with Crippen molar-refractivity contribution in [2.24, 2.45) is 7.05 Å². The molecule has 0 amide bonds. The molecule has 0 bridgehead atoms. The van der Waals surface area contributed by atoms with E-state index < -0.39 is 18.2 Å². The number of carboxylic acid groups (broad SMARTS) is 1. The first-order valence-electron chi connectivity index (χ1n) is 5.84. The minimum Gasteiger partial charge on any atom is -0.479 e. The van der Waals surface area contributed by atoms with Gasteiger partial charge in [-0.15, -0.1) is 0 Å². The highest BCUT2D eigenvalue weighted by Crippen LogP contribution is 2.32. The summed E-state index contributed by atoms with van der Waals surface area (Å²) < 4.78 is 12.2. The van der Waals surface area contributed by atoms with Crippen LogP contribution >= 0.6 is 0 Å². The average Bonchev–Trinajstić information content (AvgIpc) is 3.07. The van der Waals surface area contributed by atoms with Crippen LogP contribution in [0.15, 0.2) is 16.9 Å². The predicted molar refractivity (Wildman–Crippen MR) is 61.0 cm³/mol. The molecule has 8 nitrogen and oxygen atoms in total. The van der Waals surface area contributed by atoms with Gasteiger partial charge >= 0.3 is 5.97 Å². The second kappa shape index (κ2) is 4.47. The number of carbonyl (C=O) groups is 1. The van der Waals surface area contributed by atoms with E-state index >= 15 is 0 Å². The fourth-order valence-electron chi connectivity index (χ4n) is 2.04. The monoisotopic (exact) mass is 264 g/mol. The van der Waals surface area contributed by atoms with Gasteiger partial charge in [0.25, 0.3) is 5.89 Å². The molecular weight excluding hydrogens is 252 g/mol. The highest BCUT2D eigenvalue weighted by Gasteiger charge is 2.34. The van der Waals surface area contributed by atoms with Crippen LogP contribution in [0, 0.1) is 0 Å². The molecule has 2 atom stereocenters. The maximum absolute atomic E-state index is 10.8. The summed E-state index contributed by atoms with van der Waals surface area (Å²) in [5.74, 6) is 0.278. The van der Waals surface area contributed by atoms with Crippen LogP contribution in [0.5, 0.6) is 0 Å². The van der Waals surface area contributed by atoms with Gasteiger partial charge in [-0.05, 0) is 12.8 Å². The SMILES string of the molecule is Cn1ccnc1-c1noc(C2CCC(C(=O)O)O2)n1. The molecule has 2 aromatic rings. The Hall–Kier alpha value is -2.22. The molecule has 0 aromatic carbocycles. The molecule has 0 aliphatic carbocycles. The summed E-state index contributed by atoms with van der Waals surface area (Å²) in [5, 5.41) is 12.7. The number of ether oxygens (including phenoxy) is 1. The van der Waals surface area contributed by atoms with Crippen LogP contribution in [-0.2, 0) is 16.6 Å². The van der Waals surface area contributed by atoms with E-state index in [1.807, 2.05) is 7.05 Å². The minimum absolute atomic E-state index is 0.293. The normalized spacial score (nSPS) is 22.8. The highest BCUT2D eigenvalue weighted by molar-refractivity contribution is 5.72. The first-order valence-corrected chi connectivity index (χ1v) is 5.84. The molecule has 1 N–H and O–H groups in total. The Kier molecular flexibility index (Phi) is 2.79. The molecule has 2 aromatic heterocycles. The molecule has 0 radical (unpaired) electrons. The number of aromatic nitrogens is 4. The third-order valence-corrected chi connectivity index (χ3v) is 3.03. The van der Waals surface area contributed by atoms with Crippen molar-refractivity contribution in [1.82, 2.24) is 19.7 Å². The summed E-state index contributed by atoms with van der Waals surface area (Å²) in [6.45, 7) is 0. The average molecular weight is 264 g/mol. The summed E-state index contributed by atoms with van der Waals surface area (Å²) in [5.41, 5.74) is 0. The van der Waals surface area contributed by atoms with E-state index in [0.29, 0.717) is 30.4 Å². The van der Waals surface area contributed by atoms with Crippen LogP contribution in [0.2, 0.25) is 0 Å². The van der Waals surface area contributed by atoms with Gasteiger partial charge in [-0.2, -0.15) is 4.98 Å². The maximum atomic E-state index is 10.8. The van der Waals surface area contributed by atoms with E-state index in [2.05, 4.69) is 15.1 Å². The topological polar surface area (TPSA) is 103 Å². The van der Waals surface area contributed by atoms with Crippen molar-refractivity contribution < 1.29 is 19.2 Å². The Morgan fingerprint density at radius 1 is 1.53 bits per heavy atom. The number of nitrogens with zero attached hydrogens (tertiary/aromatic N) is 4. The van der Waals surface area contributed by atoms with Crippen LogP contribution in [0.3, 0.4) is 0 Å². The molecule has 19 heavy (non-hydrogen) atoms. The number of imidazole rings is 1. The summed E-state index contributed by atoms with van der Waals surface area (Å²) >= 11 is 0. The van der Waals surface area contributed by atoms with Crippen LogP contribution < -0.4 is 0 Å². The van der Waals surface area contributed by atoms with E-state index in [4.69, 9.17) is 14.4 Å². The lowest BCUT2D eigenvalue weighted by Gasteiger charge is -2.05. The van der Waals surface area contributed by atoms with Crippen molar-refractivity contribution in [2.75, 3.05) is 0 Å². The van der Waals surface area contributed by atoms with E-state index in [1.54, 1.807) is 17.0 Å². The van der Waals surface area contributed by atoms with Crippen molar-refractivity contribution in [3.63, 3.8) is 0 Å². The molecule has 3 rings (SSSR count). The molecule has 1 aliphatic rings. The standard InChI is InChI=1S/C11H12N4O4/c1-15-5-4-12-9(15)8-13-10(19-14-8)6-2-3-7(18-6)11(16)17/h4-7H,2-3H2,1H3,(H,16,17). The lowest BCUT2D eigenvalue weighted by Crippen LogP contribution is -2.18. The van der Waals surface area contributed by atoms with Gasteiger partial charge in [0.2, 0.25) is 5.82 Å². The fraction of sp³-hybridized carbons (Fsp3) is 0.455. The van der Waals surface area contributed by atoms with E-state index in [-0.39, 0.29) is 0 Å². The van der Waals surface area contributed by atoms with Crippen molar-refractivity contribution in [2.45, 2.75) is 25.0 Å². The number of aryl methyl sites for hydroxylation is 1. The molecule has 0 saturated carbocycles. The van der Waals surface area contributed by atoms with Gasteiger partial charge in [0.15, 0.2) is 11.9 Å². The first-order chi connectivity index (χ1) is 9.15. The maximum Gasteiger partial charge on any atom is 0.332 e. The second-order valence-electron chi connectivity index (χ2n) is 4.35. The summed E-state index contributed by atoms with van der Waals surface area (Å²) in [7, 11) is 1.82. The second-order valence-corrected chi connectivity index (χ2v) is 4.35. The Morgan fingerprint density at radius 2 is 2.37 bits per heavy atom. The number of rotatable bonds is 3. The van der Waals surface area contributed by atoms with Gasteiger partial charge in [-0.3, -0.25) is 0 Å². The van der Waals surface area contributed by atoms with Crippen LogP contribution in [-0.4, -0.2) is 36.9 Å². The van der Waals surface area contributed by atoms with Gasteiger partial charge in [0.1, 0.15) is 6.10 Å². The third kappa shape index (κ3) is 2.10. The predicted octanol–water partition coefficient (Wildman–Crippen LogP) is 0.775.